The molecule has 0 aromatic heterocycles. The first-order chi connectivity index (χ1) is 13.8. The highest BCUT2D eigenvalue weighted by molar-refractivity contribution is 5.75. The maximum atomic E-state index is 12.0. The van der Waals surface area contributed by atoms with Gasteiger partial charge in [0, 0.05) is 13.0 Å². The average molecular weight is 404 g/mol. The summed E-state index contributed by atoms with van der Waals surface area (Å²) in [6.07, 6.45) is 13.4. The Balaban J connectivity index is 1.49. The highest BCUT2D eigenvalue weighted by atomic mass is 16.3. The third-order valence-corrected chi connectivity index (χ3v) is 10.6. The van der Waals surface area contributed by atoms with Gasteiger partial charge in [0.25, 0.3) is 0 Å². The van der Waals surface area contributed by atoms with Gasteiger partial charge < -0.3 is 10.4 Å². The number of fused-ring (bicyclic) bond motifs is 5. The van der Waals surface area contributed by atoms with Crippen LogP contribution in [-0.4, -0.2) is 23.7 Å². The minimum Gasteiger partial charge on any atom is -0.393 e. The van der Waals surface area contributed by atoms with Crippen molar-refractivity contribution < 1.29 is 9.90 Å². The highest BCUT2D eigenvalue weighted by Crippen LogP contribution is 2.68. The fourth-order valence-corrected chi connectivity index (χ4v) is 9.08. The van der Waals surface area contributed by atoms with Gasteiger partial charge in [-0.2, -0.15) is 0 Å². The molecule has 0 saturated heterocycles. The van der Waals surface area contributed by atoms with Crippen LogP contribution in [0.5, 0.6) is 0 Å². The largest absolute Gasteiger partial charge is 0.393 e. The molecule has 2 N–H and O–H groups in total. The van der Waals surface area contributed by atoms with Crippen molar-refractivity contribution in [3.8, 4) is 0 Å². The van der Waals surface area contributed by atoms with Crippen molar-refractivity contribution in [1.29, 1.82) is 0 Å². The Kier molecular flexibility index (Phi) is 6.10. The summed E-state index contributed by atoms with van der Waals surface area (Å²) in [5, 5.41) is 14.3. The van der Waals surface area contributed by atoms with E-state index >= 15 is 0 Å². The Morgan fingerprint density at radius 2 is 1.83 bits per heavy atom. The van der Waals surface area contributed by atoms with Crippen LogP contribution in [0.1, 0.15) is 98.3 Å². The zero-order valence-electron chi connectivity index (χ0n) is 19.4. The molecule has 0 radical (unpaired) electrons. The number of amides is 1. The Bertz CT molecular complexity index is 606. The lowest BCUT2D eigenvalue weighted by Crippen LogP contribution is -2.57. The van der Waals surface area contributed by atoms with E-state index in [2.05, 4.69) is 26.1 Å². The van der Waals surface area contributed by atoms with Crippen molar-refractivity contribution in [2.45, 2.75) is 104 Å². The summed E-state index contributed by atoms with van der Waals surface area (Å²) in [6, 6.07) is 0. The number of hydrogen-bond acceptors (Lipinski definition) is 2. The molecular weight excluding hydrogens is 358 g/mol. The summed E-state index contributed by atoms with van der Waals surface area (Å²) in [5.41, 5.74) is 0.839. The molecule has 4 saturated carbocycles. The Labute approximate surface area is 178 Å². The van der Waals surface area contributed by atoms with E-state index in [9.17, 15) is 9.90 Å². The molecule has 4 aliphatic rings. The summed E-state index contributed by atoms with van der Waals surface area (Å²) in [7, 11) is 0. The molecule has 3 nitrogen and oxygen atoms in total. The Morgan fingerprint density at radius 1 is 1.07 bits per heavy atom. The molecule has 4 aliphatic carbocycles. The lowest BCUT2D eigenvalue weighted by Gasteiger charge is -2.62. The van der Waals surface area contributed by atoms with E-state index in [1.54, 1.807) is 0 Å². The van der Waals surface area contributed by atoms with Crippen molar-refractivity contribution in [3.63, 3.8) is 0 Å². The molecule has 8 unspecified atom stereocenters. The highest BCUT2D eigenvalue weighted by Gasteiger charge is 2.62. The monoisotopic (exact) mass is 403 g/mol. The predicted octanol–water partition coefficient (Wildman–Crippen LogP) is 5.56. The second-order valence-corrected chi connectivity index (χ2v) is 11.7. The molecule has 0 aromatic rings. The van der Waals surface area contributed by atoms with Crippen molar-refractivity contribution in [3.05, 3.63) is 0 Å². The van der Waals surface area contributed by atoms with Gasteiger partial charge >= 0.3 is 0 Å². The van der Waals surface area contributed by atoms with Crippen molar-refractivity contribution in [2.75, 3.05) is 6.54 Å². The molecular formula is C26H45NO2. The molecule has 0 bridgehead atoms. The lowest BCUT2D eigenvalue weighted by molar-refractivity contribution is -0.164. The minimum atomic E-state index is -0.0785. The van der Waals surface area contributed by atoms with Gasteiger partial charge in [-0.3, -0.25) is 4.79 Å². The van der Waals surface area contributed by atoms with E-state index < -0.39 is 0 Å². The topological polar surface area (TPSA) is 49.3 Å². The van der Waals surface area contributed by atoms with Gasteiger partial charge in [0.2, 0.25) is 5.91 Å². The quantitative estimate of drug-likeness (QED) is 0.631. The second kappa shape index (κ2) is 8.17. The number of carbonyl (C=O) groups excluding carboxylic acids is 1. The SMILES string of the molecule is CCNC(=O)CC[C@@H](C)C1CCC2C3C(O)CC4CCCCC4(C)C3CCC21C. The van der Waals surface area contributed by atoms with E-state index in [4.69, 9.17) is 0 Å². The van der Waals surface area contributed by atoms with E-state index in [-0.39, 0.29) is 12.0 Å². The predicted molar refractivity (Wildman–Crippen MR) is 118 cm³/mol. The first-order valence-electron chi connectivity index (χ1n) is 12.8. The van der Waals surface area contributed by atoms with Crippen LogP contribution in [0.2, 0.25) is 0 Å². The normalized spacial score (nSPS) is 47.6. The molecule has 1 amide bonds. The van der Waals surface area contributed by atoms with Crippen LogP contribution < -0.4 is 5.32 Å². The average Bonchev–Trinajstić information content (AvgIpc) is 3.04. The Hall–Kier alpha value is -0.570. The van der Waals surface area contributed by atoms with Gasteiger partial charge in [-0.25, -0.2) is 0 Å². The van der Waals surface area contributed by atoms with Crippen LogP contribution in [0, 0.1) is 46.3 Å². The van der Waals surface area contributed by atoms with Crippen molar-refractivity contribution in [1.82, 2.24) is 5.32 Å². The van der Waals surface area contributed by atoms with Gasteiger partial charge in [0.1, 0.15) is 0 Å². The smallest absolute Gasteiger partial charge is 0.219 e. The number of nitrogens with one attached hydrogen (secondary N) is 1. The van der Waals surface area contributed by atoms with Crippen molar-refractivity contribution >= 4 is 5.91 Å². The second-order valence-electron chi connectivity index (χ2n) is 11.7. The fraction of sp³-hybridized carbons (Fsp3) is 0.962. The first-order valence-corrected chi connectivity index (χ1v) is 12.8. The maximum Gasteiger partial charge on any atom is 0.219 e. The van der Waals surface area contributed by atoms with Gasteiger partial charge in [-0.05, 0) is 105 Å². The number of carbonyl (C=O) groups is 1. The van der Waals surface area contributed by atoms with E-state index in [0.29, 0.717) is 40.9 Å². The number of hydrogen-bond donors (Lipinski definition) is 2. The summed E-state index contributed by atoms with van der Waals surface area (Å²) < 4.78 is 0. The minimum absolute atomic E-state index is 0.0785. The molecule has 0 heterocycles. The molecule has 9 atom stereocenters. The molecule has 166 valence electrons. The first kappa shape index (κ1) is 21.7. The molecule has 3 heteroatoms. The molecule has 0 spiro atoms. The summed E-state index contributed by atoms with van der Waals surface area (Å²) >= 11 is 0. The van der Waals surface area contributed by atoms with E-state index in [1.807, 2.05) is 6.92 Å². The molecule has 29 heavy (non-hydrogen) atoms. The molecule has 4 fully saturated rings. The van der Waals surface area contributed by atoms with Crippen LogP contribution in [0.4, 0.5) is 0 Å². The van der Waals surface area contributed by atoms with Gasteiger partial charge in [-0.15, -0.1) is 0 Å². The standard InChI is InChI=1S/C26H45NO2/c1-5-27-23(29)12-9-17(2)19-10-11-20-24-21(13-15-26(19,20)4)25(3)14-7-6-8-18(25)16-22(24)28/h17-22,24,28H,5-16H2,1-4H3,(H,27,29)/t17-,18?,19?,20?,21?,22?,24?,25?,26?/m1/s1. The zero-order chi connectivity index (χ0) is 20.8. The van der Waals surface area contributed by atoms with E-state index in [0.717, 1.165) is 31.2 Å². The summed E-state index contributed by atoms with van der Waals surface area (Å²) in [4.78, 5) is 12.0. The van der Waals surface area contributed by atoms with Crippen LogP contribution in [0.3, 0.4) is 0 Å². The third kappa shape index (κ3) is 3.58. The van der Waals surface area contributed by atoms with Gasteiger partial charge in [-0.1, -0.05) is 33.6 Å². The van der Waals surface area contributed by atoms with Crippen LogP contribution in [-0.2, 0) is 4.79 Å². The number of aliphatic hydroxyl groups is 1. The van der Waals surface area contributed by atoms with Gasteiger partial charge in [0.15, 0.2) is 0 Å². The molecule has 0 aromatic carbocycles. The van der Waals surface area contributed by atoms with Crippen LogP contribution in [0.25, 0.3) is 0 Å². The van der Waals surface area contributed by atoms with Crippen LogP contribution >= 0.6 is 0 Å². The third-order valence-electron chi connectivity index (χ3n) is 10.6. The van der Waals surface area contributed by atoms with Crippen LogP contribution in [0.15, 0.2) is 0 Å². The maximum absolute atomic E-state index is 12.0. The van der Waals surface area contributed by atoms with Gasteiger partial charge in [0.05, 0.1) is 6.10 Å². The number of aliphatic hydroxyl groups excluding tert-OH is 1. The molecule has 4 rings (SSSR count). The number of rotatable bonds is 5. The molecule has 0 aliphatic heterocycles. The fourth-order valence-electron chi connectivity index (χ4n) is 9.08. The summed E-state index contributed by atoms with van der Waals surface area (Å²) in [6.45, 7) is 10.3. The zero-order valence-corrected chi connectivity index (χ0v) is 19.4. The Morgan fingerprint density at radius 3 is 2.59 bits per heavy atom. The lowest BCUT2D eigenvalue weighted by atomic mass is 9.44. The van der Waals surface area contributed by atoms with Crippen molar-refractivity contribution in [2.24, 2.45) is 46.3 Å². The summed E-state index contributed by atoms with van der Waals surface area (Å²) in [5.74, 6) is 4.22. The van der Waals surface area contributed by atoms with E-state index in [1.165, 1.54) is 51.4 Å².